The molecule has 0 aliphatic carbocycles. The number of amides is 1. The molecule has 2 aromatic heterocycles. The Labute approximate surface area is 148 Å². The lowest BCUT2D eigenvalue weighted by molar-refractivity contribution is -0.174. The number of halogens is 3. The van der Waals surface area contributed by atoms with Gasteiger partial charge in [-0.05, 0) is 12.0 Å². The van der Waals surface area contributed by atoms with E-state index in [4.69, 9.17) is 0 Å². The van der Waals surface area contributed by atoms with Gasteiger partial charge in [-0.15, -0.1) is 0 Å². The topological polar surface area (TPSA) is 134 Å². The fourth-order valence-corrected chi connectivity index (χ4v) is 2.41. The second kappa shape index (κ2) is 7.21. The van der Waals surface area contributed by atoms with Crippen molar-refractivity contribution in [2.75, 3.05) is 0 Å². The van der Waals surface area contributed by atoms with Crippen molar-refractivity contribution in [1.29, 1.82) is 0 Å². The summed E-state index contributed by atoms with van der Waals surface area (Å²) in [6.45, 7) is 1.94. The summed E-state index contributed by atoms with van der Waals surface area (Å²) < 4.78 is 38.7. The number of hydrogen-bond donors (Lipinski definition) is 3. The first-order chi connectivity index (χ1) is 12.4. The summed E-state index contributed by atoms with van der Waals surface area (Å²) in [5.41, 5.74) is -2.99. The Hall–Kier alpha value is -3.18. The van der Waals surface area contributed by atoms with Crippen molar-refractivity contribution < 1.29 is 22.8 Å². The molecule has 12 heteroatoms. The Morgan fingerprint density at radius 2 is 1.81 bits per heavy atom. The van der Waals surface area contributed by atoms with Gasteiger partial charge in [0, 0.05) is 6.20 Å². The predicted octanol–water partition coefficient (Wildman–Crippen LogP) is -0.350. The number of fused-ring (bicyclic) bond motifs is 1. The van der Waals surface area contributed by atoms with Crippen molar-refractivity contribution in [2.24, 2.45) is 5.92 Å². The van der Waals surface area contributed by atoms with E-state index in [1.54, 1.807) is 0 Å². The van der Waals surface area contributed by atoms with Crippen molar-refractivity contribution in [3.8, 4) is 0 Å². The van der Waals surface area contributed by atoms with Gasteiger partial charge in [0.25, 0.3) is 16.9 Å². The molecule has 0 spiro atoms. The predicted molar refractivity (Wildman–Crippen MR) is 87.3 cm³/mol. The van der Waals surface area contributed by atoms with Crippen LogP contribution in [-0.4, -0.2) is 38.4 Å². The van der Waals surface area contributed by atoms with Crippen LogP contribution in [0.2, 0.25) is 0 Å². The average molecular weight is 388 g/mol. The third-order valence-electron chi connectivity index (χ3n) is 3.73. The van der Waals surface area contributed by atoms with Crippen LogP contribution >= 0.6 is 0 Å². The van der Waals surface area contributed by atoms with Gasteiger partial charge in [0.05, 0.1) is 11.4 Å². The molecule has 0 bridgehead atoms. The number of pyridine rings is 1. The van der Waals surface area contributed by atoms with E-state index in [1.807, 2.05) is 10.3 Å². The van der Waals surface area contributed by atoms with E-state index in [-0.39, 0.29) is 10.9 Å². The molecule has 2 rings (SSSR count). The second-order valence-electron chi connectivity index (χ2n) is 6.10. The molecule has 0 aliphatic heterocycles. The second-order valence-corrected chi connectivity index (χ2v) is 6.10. The number of rotatable bonds is 5. The molecule has 3 N–H and O–H groups in total. The lowest BCUT2D eigenvalue weighted by Gasteiger charge is -2.22. The fraction of sp³-hybridized carbons (Fsp3) is 0.400. The molecular weight excluding hydrogens is 373 g/mol. The maximum absolute atomic E-state index is 12.6. The molecule has 0 aromatic carbocycles. The van der Waals surface area contributed by atoms with Gasteiger partial charge < -0.3 is 14.9 Å². The maximum atomic E-state index is 12.6. The number of nitrogens with one attached hydrogen (secondary N) is 3. The number of alkyl halides is 3. The van der Waals surface area contributed by atoms with Gasteiger partial charge in [-0.1, -0.05) is 13.8 Å². The number of ketones is 1. The quantitative estimate of drug-likeness (QED) is 0.644. The summed E-state index contributed by atoms with van der Waals surface area (Å²) in [7, 11) is 0. The highest BCUT2D eigenvalue weighted by molar-refractivity contribution is 5.93. The van der Waals surface area contributed by atoms with Crippen molar-refractivity contribution in [3.63, 3.8) is 0 Å². The molecule has 0 saturated carbocycles. The van der Waals surface area contributed by atoms with Crippen LogP contribution in [0.5, 0.6) is 0 Å². The zero-order chi connectivity index (χ0) is 20.5. The van der Waals surface area contributed by atoms with Gasteiger partial charge in [-0.3, -0.25) is 24.2 Å². The Morgan fingerprint density at radius 3 is 2.37 bits per heavy atom. The molecule has 1 amide bonds. The van der Waals surface area contributed by atoms with Crippen LogP contribution in [0.1, 0.15) is 13.8 Å². The van der Waals surface area contributed by atoms with Crippen LogP contribution in [0.25, 0.3) is 10.9 Å². The van der Waals surface area contributed by atoms with Crippen LogP contribution in [-0.2, 0) is 16.1 Å². The standard InChI is InChI=1S/C15H15F3N4O5/c1-6(2)9(11(24)15(16,17)18)19-8(23)5-22-4-3-7-10(13(22)26)20-14(27)21-12(7)25/h3-4,6,9H,5H2,1-2H3,(H,19,23)(H2,20,21,25,27). The van der Waals surface area contributed by atoms with Crippen LogP contribution in [0.4, 0.5) is 13.2 Å². The molecule has 0 radical (unpaired) electrons. The molecular formula is C15H15F3N4O5. The number of aromatic amines is 2. The highest BCUT2D eigenvalue weighted by Crippen LogP contribution is 2.21. The summed E-state index contributed by atoms with van der Waals surface area (Å²) >= 11 is 0. The summed E-state index contributed by atoms with van der Waals surface area (Å²) in [5.74, 6) is -3.96. The van der Waals surface area contributed by atoms with E-state index in [0.717, 1.165) is 10.8 Å². The smallest absolute Gasteiger partial charge is 0.344 e. The van der Waals surface area contributed by atoms with E-state index in [0.29, 0.717) is 0 Å². The van der Waals surface area contributed by atoms with E-state index in [9.17, 15) is 37.1 Å². The zero-order valence-corrected chi connectivity index (χ0v) is 14.1. The summed E-state index contributed by atoms with van der Waals surface area (Å²) in [4.78, 5) is 62.8. The molecule has 1 atom stereocenters. The van der Waals surface area contributed by atoms with Crippen LogP contribution in [0, 0.1) is 5.92 Å². The van der Waals surface area contributed by atoms with Gasteiger partial charge in [0.2, 0.25) is 5.91 Å². The summed E-state index contributed by atoms with van der Waals surface area (Å²) in [5, 5.41) is 1.84. The van der Waals surface area contributed by atoms with Gasteiger partial charge in [0.15, 0.2) is 0 Å². The van der Waals surface area contributed by atoms with Gasteiger partial charge in [-0.2, -0.15) is 13.2 Å². The molecule has 0 aliphatic rings. The lowest BCUT2D eigenvalue weighted by Crippen LogP contribution is -2.50. The third-order valence-corrected chi connectivity index (χ3v) is 3.73. The van der Waals surface area contributed by atoms with E-state index < -0.39 is 53.2 Å². The number of Topliss-reactive ketones (excluding diaryl/α,β-unsaturated/α-hetero) is 1. The summed E-state index contributed by atoms with van der Waals surface area (Å²) in [6.07, 6.45) is -4.05. The molecule has 0 fully saturated rings. The first-order valence-corrected chi connectivity index (χ1v) is 7.68. The minimum absolute atomic E-state index is 0.122. The molecule has 9 nitrogen and oxygen atoms in total. The number of aromatic nitrogens is 3. The number of nitrogens with zero attached hydrogens (tertiary/aromatic N) is 1. The number of hydrogen-bond acceptors (Lipinski definition) is 5. The van der Waals surface area contributed by atoms with Gasteiger partial charge in [-0.25, -0.2) is 4.79 Å². The molecule has 146 valence electrons. The number of carbonyl (C=O) groups excluding carboxylic acids is 2. The van der Waals surface area contributed by atoms with Crippen molar-refractivity contribution >= 4 is 22.6 Å². The Balaban J connectivity index is 2.31. The van der Waals surface area contributed by atoms with E-state index in [2.05, 4.69) is 4.98 Å². The average Bonchev–Trinajstić information content (AvgIpc) is 2.54. The van der Waals surface area contributed by atoms with E-state index >= 15 is 0 Å². The SMILES string of the molecule is CC(C)C(NC(=O)Cn1ccc2c(=O)[nH]c(=O)[nH]c2c1=O)C(=O)C(F)(F)F. The fourth-order valence-electron chi connectivity index (χ4n) is 2.41. The van der Waals surface area contributed by atoms with Gasteiger partial charge >= 0.3 is 11.9 Å². The molecule has 1 unspecified atom stereocenters. The van der Waals surface area contributed by atoms with Crippen molar-refractivity contribution in [1.82, 2.24) is 19.9 Å². The first kappa shape index (κ1) is 20.1. The molecule has 2 aromatic rings. The minimum atomic E-state index is -5.12. The van der Waals surface area contributed by atoms with Crippen molar-refractivity contribution in [2.45, 2.75) is 32.6 Å². The van der Waals surface area contributed by atoms with E-state index in [1.165, 1.54) is 19.9 Å². The Kier molecular flexibility index (Phi) is 5.38. The molecule has 27 heavy (non-hydrogen) atoms. The molecule has 0 saturated heterocycles. The Bertz CT molecular complexity index is 1060. The first-order valence-electron chi connectivity index (χ1n) is 7.68. The minimum Gasteiger partial charge on any atom is -0.344 e. The Morgan fingerprint density at radius 1 is 1.19 bits per heavy atom. The van der Waals surface area contributed by atoms with Crippen LogP contribution in [0.15, 0.2) is 26.6 Å². The zero-order valence-electron chi connectivity index (χ0n) is 14.1. The lowest BCUT2D eigenvalue weighted by atomic mass is 9.99. The number of H-pyrrole nitrogens is 2. The van der Waals surface area contributed by atoms with Crippen molar-refractivity contribution in [3.05, 3.63) is 43.5 Å². The largest absolute Gasteiger partial charge is 0.452 e. The normalized spacial score (nSPS) is 13.0. The highest BCUT2D eigenvalue weighted by Gasteiger charge is 2.44. The third kappa shape index (κ3) is 4.33. The highest BCUT2D eigenvalue weighted by atomic mass is 19.4. The summed E-state index contributed by atoms with van der Waals surface area (Å²) in [6, 6.07) is -0.643. The van der Waals surface area contributed by atoms with Crippen LogP contribution in [0.3, 0.4) is 0 Å². The number of carbonyl (C=O) groups is 2. The van der Waals surface area contributed by atoms with Gasteiger partial charge in [0.1, 0.15) is 12.1 Å². The monoisotopic (exact) mass is 388 g/mol. The van der Waals surface area contributed by atoms with Crippen LogP contribution < -0.4 is 22.1 Å². The molecule has 2 heterocycles. The maximum Gasteiger partial charge on any atom is 0.452 e.